The fourth-order valence-electron chi connectivity index (χ4n) is 1.55. The van der Waals surface area contributed by atoms with Crippen LogP contribution in [-0.4, -0.2) is 15.9 Å². The van der Waals surface area contributed by atoms with E-state index in [4.69, 9.17) is 10.00 Å². The molecule has 0 saturated heterocycles. The molecule has 0 aliphatic carbocycles. The van der Waals surface area contributed by atoms with E-state index in [0.717, 1.165) is 0 Å². The average Bonchev–Trinajstić information content (AvgIpc) is 2.75. The van der Waals surface area contributed by atoms with E-state index in [1.165, 1.54) is 16.8 Å². The number of ether oxygens (including phenoxy) is 1. The second kappa shape index (κ2) is 4.88. The van der Waals surface area contributed by atoms with Crippen molar-refractivity contribution in [2.75, 3.05) is 0 Å². The molecule has 92 valence electrons. The quantitative estimate of drug-likeness (QED) is 0.835. The van der Waals surface area contributed by atoms with Crippen LogP contribution in [0, 0.1) is 17.1 Å². The van der Waals surface area contributed by atoms with E-state index in [1.807, 2.05) is 19.9 Å². The lowest BCUT2D eigenvalue weighted by Gasteiger charge is -2.05. The van der Waals surface area contributed by atoms with Crippen LogP contribution in [0.15, 0.2) is 30.6 Å². The molecule has 1 aromatic heterocycles. The Morgan fingerprint density at radius 3 is 2.83 bits per heavy atom. The summed E-state index contributed by atoms with van der Waals surface area (Å²) < 4.78 is 20.2. The number of aromatic nitrogens is 2. The van der Waals surface area contributed by atoms with Gasteiger partial charge in [-0.15, -0.1) is 0 Å². The molecule has 4 nitrogen and oxygen atoms in total. The maximum atomic E-state index is 13.3. The smallest absolute Gasteiger partial charge is 0.158 e. The number of hydrogen-bond donors (Lipinski definition) is 0. The van der Waals surface area contributed by atoms with Crippen molar-refractivity contribution in [2.24, 2.45) is 0 Å². The van der Waals surface area contributed by atoms with Gasteiger partial charge in [0.25, 0.3) is 0 Å². The minimum absolute atomic E-state index is 0.0461. The van der Waals surface area contributed by atoms with Gasteiger partial charge in [0.2, 0.25) is 0 Å². The largest absolute Gasteiger partial charge is 0.488 e. The summed E-state index contributed by atoms with van der Waals surface area (Å²) in [6, 6.07) is 5.96. The van der Waals surface area contributed by atoms with Crippen molar-refractivity contribution in [3.63, 3.8) is 0 Å². The number of halogens is 1. The first-order chi connectivity index (χ1) is 8.58. The Morgan fingerprint density at radius 2 is 2.17 bits per heavy atom. The van der Waals surface area contributed by atoms with E-state index in [0.29, 0.717) is 11.4 Å². The fraction of sp³-hybridized carbons (Fsp3) is 0.231. The molecule has 0 saturated carbocycles. The van der Waals surface area contributed by atoms with Crippen molar-refractivity contribution < 1.29 is 9.13 Å². The molecule has 0 aliphatic heterocycles. The highest BCUT2D eigenvalue weighted by molar-refractivity contribution is 5.42. The molecule has 2 rings (SSSR count). The van der Waals surface area contributed by atoms with Gasteiger partial charge in [-0.2, -0.15) is 10.4 Å². The summed E-state index contributed by atoms with van der Waals surface area (Å²) in [5.41, 5.74) is 0.747. The van der Waals surface area contributed by atoms with Crippen LogP contribution in [0.3, 0.4) is 0 Å². The summed E-state index contributed by atoms with van der Waals surface area (Å²) in [4.78, 5) is 0. The average molecular weight is 245 g/mol. The van der Waals surface area contributed by atoms with Crippen molar-refractivity contribution in [1.29, 1.82) is 5.26 Å². The predicted octanol–water partition coefficient (Wildman–Crippen LogP) is 2.67. The Balaban J connectivity index is 2.34. The lowest BCUT2D eigenvalue weighted by Crippen LogP contribution is -2.04. The summed E-state index contributed by atoms with van der Waals surface area (Å²) in [5.74, 6) is 0.138. The lowest BCUT2D eigenvalue weighted by atomic mass is 10.2. The van der Waals surface area contributed by atoms with E-state index in [9.17, 15) is 4.39 Å². The van der Waals surface area contributed by atoms with E-state index in [-0.39, 0.29) is 11.7 Å². The molecule has 0 N–H and O–H groups in total. The van der Waals surface area contributed by atoms with Gasteiger partial charge in [0, 0.05) is 0 Å². The Kier molecular flexibility index (Phi) is 3.28. The second-order valence-corrected chi connectivity index (χ2v) is 4.10. The van der Waals surface area contributed by atoms with Crippen molar-refractivity contribution in [3.8, 4) is 17.5 Å². The number of hydrogen-bond acceptors (Lipinski definition) is 3. The fourth-order valence-corrected chi connectivity index (χ4v) is 1.55. The number of rotatable bonds is 3. The normalized spacial score (nSPS) is 10.4. The first-order valence-corrected chi connectivity index (χ1v) is 5.51. The Bertz CT molecular complexity index is 599. The third kappa shape index (κ3) is 2.66. The highest BCUT2D eigenvalue weighted by atomic mass is 19.1. The first-order valence-electron chi connectivity index (χ1n) is 5.51. The molecule has 0 radical (unpaired) electrons. The molecular weight excluding hydrogens is 233 g/mol. The lowest BCUT2D eigenvalue weighted by molar-refractivity contribution is 0.242. The SMILES string of the molecule is CC(C)Oc1cnn(-c2cc(F)cc(C#N)c2)c1. The van der Waals surface area contributed by atoms with Gasteiger partial charge in [0.05, 0.1) is 35.8 Å². The van der Waals surface area contributed by atoms with Crippen molar-refractivity contribution in [2.45, 2.75) is 20.0 Å². The molecule has 2 aromatic rings. The molecule has 0 spiro atoms. The van der Waals surface area contributed by atoms with Crippen LogP contribution >= 0.6 is 0 Å². The van der Waals surface area contributed by atoms with Crippen LogP contribution in [0.1, 0.15) is 19.4 Å². The minimum Gasteiger partial charge on any atom is -0.488 e. The van der Waals surface area contributed by atoms with Crippen LogP contribution in [0.5, 0.6) is 5.75 Å². The molecule has 0 aliphatic rings. The van der Waals surface area contributed by atoms with Gasteiger partial charge in [-0.05, 0) is 32.0 Å². The van der Waals surface area contributed by atoms with E-state index in [1.54, 1.807) is 18.5 Å². The highest BCUT2D eigenvalue weighted by Gasteiger charge is 2.06. The summed E-state index contributed by atoms with van der Waals surface area (Å²) in [7, 11) is 0. The monoisotopic (exact) mass is 245 g/mol. The molecule has 1 heterocycles. The molecule has 0 bridgehead atoms. The first kappa shape index (κ1) is 12.1. The van der Waals surface area contributed by atoms with Gasteiger partial charge < -0.3 is 4.74 Å². The number of nitriles is 1. The third-order valence-electron chi connectivity index (χ3n) is 2.21. The zero-order chi connectivity index (χ0) is 13.1. The van der Waals surface area contributed by atoms with Crippen LogP contribution in [0.2, 0.25) is 0 Å². The second-order valence-electron chi connectivity index (χ2n) is 4.10. The van der Waals surface area contributed by atoms with Gasteiger partial charge >= 0.3 is 0 Å². The van der Waals surface area contributed by atoms with Gasteiger partial charge in [0.1, 0.15) is 5.82 Å². The van der Waals surface area contributed by atoms with E-state index in [2.05, 4.69) is 5.10 Å². The number of benzene rings is 1. The van der Waals surface area contributed by atoms with Crippen LogP contribution in [0.4, 0.5) is 4.39 Å². The highest BCUT2D eigenvalue weighted by Crippen LogP contribution is 2.17. The predicted molar refractivity (Wildman–Crippen MR) is 64.0 cm³/mol. The standard InChI is InChI=1S/C13H12FN3O/c1-9(2)18-13-7-16-17(8-13)12-4-10(6-15)3-11(14)5-12/h3-5,7-9H,1-2H3. The van der Waals surface area contributed by atoms with Crippen LogP contribution in [0.25, 0.3) is 5.69 Å². The molecule has 5 heteroatoms. The van der Waals surface area contributed by atoms with Crippen molar-refractivity contribution >= 4 is 0 Å². The Hall–Kier alpha value is -2.35. The molecule has 1 aromatic carbocycles. The summed E-state index contributed by atoms with van der Waals surface area (Å²) in [5, 5.41) is 12.9. The topological polar surface area (TPSA) is 50.8 Å². The molecule has 18 heavy (non-hydrogen) atoms. The Labute approximate surface area is 104 Å². The van der Waals surface area contributed by atoms with Crippen LogP contribution in [-0.2, 0) is 0 Å². The van der Waals surface area contributed by atoms with Gasteiger partial charge in [0.15, 0.2) is 5.75 Å². The molecule has 0 fully saturated rings. The van der Waals surface area contributed by atoms with E-state index < -0.39 is 5.82 Å². The number of nitrogens with zero attached hydrogens (tertiary/aromatic N) is 3. The zero-order valence-corrected chi connectivity index (χ0v) is 10.1. The third-order valence-corrected chi connectivity index (χ3v) is 2.21. The summed E-state index contributed by atoms with van der Waals surface area (Å²) >= 11 is 0. The van der Waals surface area contributed by atoms with Gasteiger partial charge in [-0.1, -0.05) is 0 Å². The minimum atomic E-state index is -0.467. The summed E-state index contributed by atoms with van der Waals surface area (Å²) in [6.45, 7) is 3.82. The molecule has 0 unspecified atom stereocenters. The van der Waals surface area contributed by atoms with E-state index >= 15 is 0 Å². The summed E-state index contributed by atoms with van der Waals surface area (Å²) in [6.07, 6.45) is 3.25. The van der Waals surface area contributed by atoms with Gasteiger partial charge in [-0.25, -0.2) is 9.07 Å². The van der Waals surface area contributed by atoms with Crippen molar-refractivity contribution in [3.05, 3.63) is 42.0 Å². The molecule has 0 atom stereocenters. The molecular formula is C13H12FN3O. The van der Waals surface area contributed by atoms with Gasteiger partial charge in [-0.3, -0.25) is 0 Å². The van der Waals surface area contributed by atoms with Crippen molar-refractivity contribution in [1.82, 2.24) is 9.78 Å². The zero-order valence-electron chi connectivity index (χ0n) is 10.1. The Morgan fingerprint density at radius 1 is 1.39 bits per heavy atom. The maximum absolute atomic E-state index is 13.3. The maximum Gasteiger partial charge on any atom is 0.158 e. The molecule has 0 amide bonds. The van der Waals surface area contributed by atoms with Crippen LogP contribution < -0.4 is 4.74 Å².